The van der Waals surface area contributed by atoms with Crippen molar-refractivity contribution >= 4 is 5.78 Å². The summed E-state index contributed by atoms with van der Waals surface area (Å²) in [6.07, 6.45) is 4.28. The monoisotopic (exact) mass is 295 g/mol. The van der Waals surface area contributed by atoms with Gasteiger partial charge in [0, 0.05) is 6.04 Å². The third-order valence-corrected chi connectivity index (χ3v) is 4.57. The van der Waals surface area contributed by atoms with E-state index in [-0.39, 0.29) is 6.54 Å². The van der Waals surface area contributed by atoms with Crippen LogP contribution in [0.2, 0.25) is 0 Å². The molecule has 0 radical (unpaired) electrons. The molecule has 2 nitrogen and oxygen atoms in total. The van der Waals surface area contributed by atoms with Gasteiger partial charge in [-0.15, -0.1) is 0 Å². The molecule has 2 rings (SSSR count). The van der Waals surface area contributed by atoms with Gasteiger partial charge in [0.15, 0.2) is 5.78 Å². The molecule has 1 saturated carbocycles. The second kappa shape index (κ2) is 6.22. The average molecular weight is 295 g/mol. The topological polar surface area (TPSA) is 20.3 Å². The number of halogens is 2. The van der Waals surface area contributed by atoms with Crippen LogP contribution in [0.1, 0.15) is 49.9 Å². The summed E-state index contributed by atoms with van der Waals surface area (Å²) in [5, 5.41) is 0. The fourth-order valence-electron chi connectivity index (χ4n) is 3.02. The van der Waals surface area contributed by atoms with Gasteiger partial charge in [0.2, 0.25) is 0 Å². The second-order valence-corrected chi connectivity index (χ2v) is 6.83. The number of ketones is 1. The first kappa shape index (κ1) is 16.1. The van der Waals surface area contributed by atoms with Crippen molar-refractivity contribution in [3.05, 3.63) is 35.4 Å². The summed E-state index contributed by atoms with van der Waals surface area (Å²) >= 11 is 0. The van der Waals surface area contributed by atoms with Crippen molar-refractivity contribution in [3.63, 3.8) is 0 Å². The van der Waals surface area contributed by atoms with Crippen LogP contribution >= 0.6 is 0 Å². The Labute approximate surface area is 125 Å². The molecule has 0 amide bonds. The number of rotatable bonds is 4. The first-order valence-electron chi connectivity index (χ1n) is 7.47. The molecule has 0 spiro atoms. The molecule has 0 bridgehead atoms. The van der Waals surface area contributed by atoms with E-state index in [0.717, 1.165) is 37.8 Å². The van der Waals surface area contributed by atoms with Gasteiger partial charge in [-0.05, 0) is 50.3 Å². The van der Waals surface area contributed by atoms with Gasteiger partial charge in [-0.1, -0.05) is 19.9 Å². The maximum Gasteiger partial charge on any atom is 0.182 e. The Morgan fingerprint density at radius 2 is 1.76 bits per heavy atom. The van der Waals surface area contributed by atoms with Crippen LogP contribution in [0, 0.1) is 17.0 Å². The van der Waals surface area contributed by atoms with Crippen molar-refractivity contribution in [1.82, 2.24) is 4.90 Å². The predicted octanol–water partition coefficient (Wildman–Crippen LogP) is 4.05. The van der Waals surface area contributed by atoms with Crippen molar-refractivity contribution in [2.24, 2.45) is 5.41 Å². The van der Waals surface area contributed by atoms with Crippen molar-refractivity contribution in [2.75, 3.05) is 13.6 Å². The number of likely N-dealkylation sites (N-methyl/N-ethyl adjacent to an activating group) is 1. The van der Waals surface area contributed by atoms with Crippen LogP contribution in [-0.4, -0.2) is 30.3 Å². The van der Waals surface area contributed by atoms with Gasteiger partial charge >= 0.3 is 0 Å². The predicted molar refractivity (Wildman–Crippen MR) is 79.4 cm³/mol. The van der Waals surface area contributed by atoms with Gasteiger partial charge < -0.3 is 0 Å². The quantitative estimate of drug-likeness (QED) is 0.781. The molecular formula is C17H23F2NO. The van der Waals surface area contributed by atoms with E-state index in [1.807, 2.05) is 11.9 Å². The molecule has 4 heteroatoms. The minimum absolute atomic E-state index is 0.0585. The highest BCUT2D eigenvalue weighted by Gasteiger charge is 2.30. The standard InChI is InChI=1S/C17H23F2NO/c1-17(2)9-7-12(8-10-17)20(3)11-15(21)16-13(18)5-4-6-14(16)19/h4-6,12H,7-11H2,1-3H3. The lowest BCUT2D eigenvalue weighted by Gasteiger charge is -2.38. The van der Waals surface area contributed by atoms with E-state index in [0.29, 0.717) is 11.5 Å². The van der Waals surface area contributed by atoms with Gasteiger partial charge in [0.1, 0.15) is 11.6 Å². The summed E-state index contributed by atoms with van der Waals surface area (Å²) in [5.74, 6) is -2.05. The molecule has 1 aliphatic carbocycles. The molecule has 0 aromatic heterocycles. The highest BCUT2D eigenvalue weighted by Crippen LogP contribution is 2.36. The molecule has 1 aromatic rings. The highest BCUT2D eigenvalue weighted by atomic mass is 19.1. The molecule has 0 aliphatic heterocycles. The third kappa shape index (κ3) is 3.88. The van der Waals surface area contributed by atoms with Crippen molar-refractivity contribution in [1.29, 1.82) is 0 Å². The number of carbonyl (C=O) groups excluding carboxylic acids is 1. The highest BCUT2D eigenvalue weighted by molar-refractivity contribution is 5.98. The maximum atomic E-state index is 13.6. The van der Waals surface area contributed by atoms with E-state index < -0.39 is 23.0 Å². The molecule has 0 atom stereocenters. The maximum absolute atomic E-state index is 13.6. The Bertz CT molecular complexity index is 497. The van der Waals surface area contributed by atoms with Gasteiger partial charge in [0.05, 0.1) is 12.1 Å². The fraction of sp³-hybridized carbons (Fsp3) is 0.588. The van der Waals surface area contributed by atoms with Gasteiger partial charge in [-0.25, -0.2) is 8.78 Å². The second-order valence-electron chi connectivity index (χ2n) is 6.83. The van der Waals surface area contributed by atoms with Gasteiger partial charge in [0.25, 0.3) is 0 Å². The van der Waals surface area contributed by atoms with Crippen LogP contribution in [0.3, 0.4) is 0 Å². The number of carbonyl (C=O) groups is 1. The van der Waals surface area contributed by atoms with Crippen molar-refractivity contribution in [2.45, 2.75) is 45.6 Å². The number of nitrogens with zero attached hydrogens (tertiary/aromatic N) is 1. The summed E-state index contributed by atoms with van der Waals surface area (Å²) in [5.41, 5.74) is -0.0561. The molecule has 1 aromatic carbocycles. The summed E-state index contributed by atoms with van der Waals surface area (Å²) in [6.45, 7) is 4.56. The van der Waals surface area contributed by atoms with E-state index in [1.54, 1.807) is 0 Å². The van der Waals surface area contributed by atoms with Crippen LogP contribution in [0.15, 0.2) is 18.2 Å². The number of hydrogen-bond acceptors (Lipinski definition) is 2. The molecule has 1 fully saturated rings. The summed E-state index contributed by atoms with van der Waals surface area (Å²) in [6, 6.07) is 3.84. The summed E-state index contributed by atoms with van der Waals surface area (Å²) in [7, 11) is 1.86. The summed E-state index contributed by atoms with van der Waals surface area (Å²) < 4.78 is 27.2. The Morgan fingerprint density at radius 1 is 1.24 bits per heavy atom. The molecule has 116 valence electrons. The minimum atomic E-state index is -0.779. The van der Waals surface area contributed by atoms with E-state index >= 15 is 0 Å². The SMILES string of the molecule is CN(CC(=O)c1c(F)cccc1F)C1CCC(C)(C)CC1. The Morgan fingerprint density at radius 3 is 2.29 bits per heavy atom. The normalized spacial score (nSPS) is 19.0. The first-order valence-corrected chi connectivity index (χ1v) is 7.47. The summed E-state index contributed by atoms with van der Waals surface area (Å²) in [4.78, 5) is 14.1. The van der Waals surface area contributed by atoms with Crippen LogP contribution in [0.25, 0.3) is 0 Å². The minimum Gasteiger partial charge on any atom is -0.296 e. The first-order chi connectivity index (χ1) is 9.80. The Balaban J connectivity index is 2.00. The Hall–Kier alpha value is -1.29. The van der Waals surface area contributed by atoms with Crippen LogP contribution in [0.5, 0.6) is 0 Å². The van der Waals surface area contributed by atoms with E-state index in [9.17, 15) is 13.6 Å². The third-order valence-electron chi connectivity index (χ3n) is 4.57. The lowest BCUT2D eigenvalue weighted by molar-refractivity contribution is 0.0844. The lowest BCUT2D eigenvalue weighted by Crippen LogP contribution is -2.40. The van der Waals surface area contributed by atoms with Crippen molar-refractivity contribution in [3.8, 4) is 0 Å². The van der Waals surface area contributed by atoms with Crippen LogP contribution in [-0.2, 0) is 0 Å². The van der Waals surface area contributed by atoms with Crippen LogP contribution in [0.4, 0.5) is 8.78 Å². The largest absolute Gasteiger partial charge is 0.296 e. The molecule has 0 heterocycles. The van der Waals surface area contributed by atoms with Crippen molar-refractivity contribution < 1.29 is 13.6 Å². The molecule has 21 heavy (non-hydrogen) atoms. The number of Topliss-reactive ketones (excluding diaryl/α,β-unsaturated/α-hetero) is 1. The number of hydrogen-bond donors (Lipinski definition) is 0. The molecule has 1 aliphatic rings. The van der Waals surface area contributed by atoms with Gasteiger partial charge in [-0.2, -0.15) is 0 Å². The zero-order valence-corrected chi connectivity index (χ0v) is 13.0. The van der Waals surface area contributed by atoms with Crippen LogP contribution < -0.4 is 0 Å². The molecule has 0 N–H and O–H groups in total. The average Bonchev–Trinajstić information content (AvgIpc) is 2.38. The molecular weight excluding hydrogens is 272 g/mol. The van der Waals surface area contributed by atoms with E-state index in [1.165, 1.54) is 6.07 Å². The lowest BCUT2D eigenvalue weighted by atomic mass is 9.75. The smallest absolute Gasteiger partial charge is 0.182 e. The zero-order valence-electron chi connectivity index (χ0n) is 13.0. The van der Waals surface area contributed by atoms with E-state index in [4.69, 9.17) is 0 Å². The van der Waals surface area contributed by atoms with Gasteiger partial charge in [-0.3, -0.25) is 9.69 Å². The zero-order chi connectivity index (χ0) is 15.6. The fourth-order valence-corrected chi connectivity index (χ4v) is 3.02. The number of benzene rings is 1. The van der Waals surface area contributed by atoms with E-state index in [2.05, 4.69) is 13.8 Å². The molecule has 0 unspecified atom stereocenters. The Kier molecular flexibility index (Phi) is 4.77. The molecule has 0 saturated heterocycles.